The van der Waals surface area contributed by atoms with Gasteiger partial charge in [-0.3, -0.25) is 4.79 Å². The molecule has 0 radical (unpaired) electrons. The SMILES string of the molecule is CC(C)(CCN)CNC(=O)Cc1cccc(F)c1. The van der Waals surface area contributed by atoms with E-state index in [-0.39, 0.29) is 23.6 Å². The van der Waals surface area contributed by atoms with Crippen LogP contribution < -0.4 is 11.1 Å². The molecule has 0 aliphatic rings. The highest BCUT2D eigenvalue weighted by molar-refractivity contribution is 5.78. The van der Waals surface area contributed by atoms with Gasteiger partial charge in [-0.15, -0.1) is 0 Å². The lowest BCUT2D eigenvalue weighted by atomic mass is 9.89. The van der Waals surface area contributed by atoms with Crippen molar-refractivity contribution < 1.29 is 9.18 Å². The fraction of sp³-hybridized carbons (Fsp3) is 0.500. The smallest absolute Gasteiger partial charge is 0.224 e. The molecule has 1 rings (SSSR count). The molecule has 0 saturated heterocycles. The third kappa shape index (κ3) is 5.27. The molecule has 0 unspecified atom stereocenters. The predicted molar refractivity (Wildman–Crippen MR) is 70.6 cm³/mol. The summed E-state index contributed by atoms with van der Waals surface area (Å²) in [5.41, 5.74) is 6.18. The Morgan fingerprint density at radius 2 is 2.17 bits per heavy atom. The minimum Gasteiger partial charge on any atom is -0.355 e. The molecule has 1 amide bonds. The Morgan fingerprint density at radius 3 is 2.78 bits per heavy atom. The van der Waals surface area contributed by atoms with Gasteiger partial charge in [0.15, 0.2) is 0 Å². The van der Waals surface area contributed by atoms with Crippen LogP contribution in [0.25, 0.3) is 0 Å². The Hall–Kier alpha value is -1.42. The van der Waals surface area contributed by atoms with Gasteiger partial charge in [0.25, 0.3) is 0 Å². The van der Waals surface area contributed by atoms with Crippen LogP contribution in [0.5, 0.6) is 0 Å². The Bertz CT molecular complexity index is 405. The Kier molecular flexibility index (Phi) is 5.28. The van der Waals surface area contributed by atoms with E-state index < -0.39 is 0 Å². The van der Waals surface area contributed by atoms with Crippen LogP contribution in [0.4, 0.5) is 4.39 Å². The van der Waals surface area contributed by atoms with Gasteiger partial charge in [-0.2, -0.15) is 0 Å². The average Bonchev–Trinajstić information content (AvgIpc) is 2.26. The lowest BCUT2D eigenvalue weighted by Gasteiger charge is -2.24. The van der Waals surface area contributed by atoms with Gasteiger partial charge in [-0.1, -0.05) is 26.0 Å². The first kappa shape index (κ1) is 14.6. The zero-order chi connectivity index (χ0) is 13.6. The molecule has 4 heteroatoms. The molecule has 3 N–H and O–H groups in total. The zero-order valence-electron chi connectivity index (χ0n) is 11.0. The molecule has 3 nitrogen and oxygen atoms in total. The summed E-state index contributed by atoms with van der Waals surface area (Å²) < 4.78 is 12.9. The van der Waals surface area contributed by atoms with Crippen molar-refractivity contribution >= 4 is 5.91 Å². The fourth-order valence-electron chi connectivity index (χ4n) is 1.71. The molecule has 0 heterocycles. The Morgan fingerprint density at radius 1 is 1.44 bits per heavy atom. The highest BCUT2D eigenvalue weighted by Crippen LogP contribution is 2.17. The molecule has 0 spiro atoms. The molecule has 100 valence electrons. The topological polar surface area (TPSA) is 55.1 Å². The first-order chi connectivity index (χ1) is 8.43. The van der Waals surface area contributed by atoms with Gasteiger partial charge in [0.05, 0.1) is 6.42 Å². The van der Waals surface area contributed by atoms with Crippen molar-refractivity contribution in [2.24, 2.45) is 11.1 Å². The lowest BCUT2D eigenvalue weighted by Crippen LogP contribution is -2.36. The molecular formula is C14H21FN2O. The molecule has 0 fully saturated rings. The number of rotatable bonds is 6. The number of nitrogens with one attached hydrogen (secondary N) is 1. The van der Waals surface area contributed by atoms with Crippen LogP contribution in [-0.2, 0) is 11.2 Å². The second kappa shape index (κ2) is 6.50. The molecule has 0 saturated carbocycles. The number of halogens is 1. The van der Waals surface area contributed by atoms with E-state index in [1.807, 2.05) is 0 Å². The Labute approximate surface area is 108 Å². The normalized spacial score (nSPS) is 11.3. The average molecular weight is 252 g/mol. The van der Waals surface area contributed by atoms with Crippen LogP contribution in [-0.4, -0.2) is 19.0 Å². The number of benzene rings is 1. The second-order valence-corrected chi connectivity index (χ2v) is 5.29. The summed E-state index contributed by atoms with van der Waals surface area (Å²) >= 11 is 0. The standard InChI is InChI=1S/C14H21FN2O/c1-14(2,6-7-16)10-17-13(18)9-11-4-3-5-12(15)8-11/h3-5,8H,6-7,9-10,16H2,1-2H3,(H,17,18). The number of hydrogen-bond acceptors (Lipinski definition) is 2. The number of carbonyl (C=O) groups excluding carboxylic acids is 1. The zero-order valence-corrected chi connectivity index (χ0v) is 11.0. The van der Waals surface area contributed by atoms with E-state index in [1.165, 1.54) is 12.1 Å². The summed E-state index contributed by atoms with van der Waals surface area (Å²) in [7, 11) is 0. The van der Waals surface area contributed by atoms with Gasteiger partial charge < -0.3 is 11.1 Å². The molecule has 0 aromatic heterocycles. The van der Waals surface area contributed by atoms with Crippen molar-refractivity contribution in [2.75, 3.05) is 13.1 Å². The van der Waals surface area contributed by atoms with E-state index in [4.69, 9.17) is 5.73 Å². The van der Waals surface area contributed by atoms with Crippen molar-refractivity contribution in [3.63, 3.8) is 0 Å². The molecule has 1 aromatic rings. The summed E-state index contributed by atoms with van der Waals surface area (Å²) in [6.45, 7) is 5.30. The molecule has 1 aromatic carbocycles. The van der Waals surface area contributed by atoms with Crippen LogP contribution >= 0.6 is 0 Å². The van der Waals surface area contributed by atoms with Crippen molar-refractivity contribution in [2.45, 2.75) is 26.7 Å². The minimum atomic E-state index is -0.316. The maximum absolute atomic E-state index is 12.9. The van der Waals surface area contributed by atoms with Gasteiger partial charge in [0.1, 0.15) is 5.82 Å². The number of hydrogen-bond donors (Lipinski definition) is 2. The fourth-order valence-corrected chi connectivity index (χ4v) is 1.71. The van der Waals surface area contributed by atoms with Crippen LogP contribution in [0, 0.1) is 11.2 Å². The van der Waals surface area contributed by atoms with E-state index in [1.54, 1.807) is 12.1 Å². The number of amides is 1. The minimum absolute atomic E-state index is 0.00759. The van der Waals surface area contributed by atoms with Gasteiger partial charge in [0.2, 0.25) is 5.91 Å². The van der Waals surface area contributed by atoms with Crippen LogP contribution in [0.1, 0.15) is 25.8 Å². The third-order valence-electron chi connectivity index (χ3n) is 2.84. The van der Waals surface area contributed by atoms with Gasteiger partial charge in [-0.25, -0.2) is 4.39 Å². The molecule has 0 bridgehead atoms. The van der Waals surface area contributed by atoms with E-state index in [0.717, 1.165) is 6.42 Å². The summed E-state index contributed by atoms with van der Waals surface area (Å²) in [4.78, 5) is 11.7. The summed E-state index contributed by atoms with van der Waals surface area (Å²) in [6.07, 6.45) is 1.06. The van der Waals surface area contributed by atoms with Crippen molar-refractivity contribution in [3.8, 4) is 0 Å². The van der Waals surface area contributed by atoms with Gasteiger partial charge in [0, 0.05) is 6.54 Å². The van der Waals surface area contributed by atoms with Crippen molar-refractivity contribution in [1.82, 2.24) is 5.32 Å². The second-order valence-electron chi connectivity index (χ2n) is 5.29. The molecule has 0 aliphatic heterocycles. The predicted octanol–water partition coefficient (Wildman–Crippen LogP) is 1.86. The third-order valence-corrected chi connectivity index (χ3v) is 2.84. The monoisotopic (exact) mass is 252 g/mol. The van der Waals surface area contributed by atoms with E-state index in [0.29, 0.717) is 18.7 Å². The number of nitrogens with two attached hydrogens (primary N) is 1. The van der Waals surface area contributed by atoms with Crippen molar-refractivity contribution in [1.29, 1.82) is 0 Å². The van der Waals surface area contributed by atoms with Crippen LogP contribution in [0.3, 0.4) is 0 Å². The molecular weight excluding hydrogens is 231 g/mol. The largest absolute Gasteiger partial charge is 0.355 e. The summed E-state index contributed by atoms with van der Waals surface area (Å²) in [5, 5.41) is 2.86. The molecule has 0 aliphatic carbocycles. The Balaban J connectivity index is 2.43. The maximum atomic E-state index is 12.9. The highest BCUT2D eigenvalue weighted by atomic mass is 19.1. The molecule has 0 atom stereocenters. The van der Waals surface area contributed by atoms with Crippen LogP contribution in [0.15, 0.2) is 24.3 Å². The van der Waals surface area contributed by atoms with Gasteiger partial charge >= 0.3 is 0 Å². The van der Waals surface area contributed by atoms with E-state index >= 15 is 0 Å². The first-order valence-corrected chi connectivity index (χ1v) is 6.14. The summed E-state index contributed by atoms with van der Waals surface area (Å²) in [5.74, 6) is -0.408. The first-order valence-electron chi connectivity index (χ1n) is 6.14. The molecule has 18 heavy (non-hydrogen) atoms. The lowest BCUT2D eigenvalue weighted by molar-refractivity contribution is -0.120. The summed E-state index contributed by atoms with van der Waals surface area (Å²) in [6, 6.07) is 6.10. The number of carbonyl (C=O) groups is 1. The van der Waals surface area contributed by atoms with E-state index in [2.05, 4.69) is 19.2 Å². The van der Waals surface area contributed by atoms with Crippen LogP contribution in [0.2, 0.25) is 0 Å². The van der Waals surface area contributed by atoms with E-state index in [9.17, 15) is 9.18 Å². The highest BCUT2D eigenvalue weighted by Gasteiger charge is 2.17. The van der Waals surface area contributed by atoms with Gasteiger partial charge in [-0.05, 0) is 36.1 Å². The quantitative estimate of drug-likeness (QED) is 0.812. The van der Waals surface area contributed by atoms with Crippen molar-refractivity contribution in [3.05, 3.63) is 35.6 Å². The maximum Gasteiger partial charge on any atom is 0.224 e.